The van der Waals surface area contributed by atoms with Crippen molar-refractivity contribution in [1.82, 2.24) is 5.43 Å². The maximum absolute atomic E-state index is 11.8. The van der Waals surface area contributed by atoms with Crippen LogP contribution >= 0.6 is 34.8 Å². The Balaban J connectivity index is 2.14. The zero-order valence-electron chi connectivity index (χ0n) is 9.86. The van der Waals surface area contributed by atoms with Crippen molar-refractivity contribution < 1.29 is 9.52 Å². The van der Waals surface area contributed by atoms with Crippen molar-refractivity contribution in [2.75, 3.05) is 5.43 Å². The van der Waals surface area contributed by atoms with Gasteiger partial charge in [-0.15, -0.1) is 0 Å². The Kier molecular flexibility index (Phi) is 4.54. The Bertz CT molecular complexity index is 641. The summed E-state index contributed by atoms with van der Waals surface area (Å²) in [6, 6.07) is 7.42. The van der Waals surface area contributed by atoms with Gasteiger partial charge in [0.05, 0.1) is 15.7 Å². The molecule has 8 heteroatoms. The number of hydrazine groups is 1. The number of nitrogens with one attached hydrogen (secondary N) is 2. The molecule has 1 aromatic heterocycles. The number of aromatic nitrogens is 1. The van der Waals surface area contributed by atoms with Gasteiger partial charge < -0.3 is 5.21 Å². The van der Waals surface area contributed by atoms with Crippen molar-refractivity contribution in [2.24, 2.45) is 0 Å². The highest BCUT2D eigenvalue weighted by atomic mass is 35.5. The van der Waals surface area contributed by atoms with E-state index in [2.05, 4.69) is 10.9 Å². The maximum Gasteiger partial charge on any atom is 0.335 e. The summed E-state index contributed by atoms with van der Waals surface area (Å²) in [5.41, 5.74) is 5.12. The molecule has 0 bridgehead atoms. The first-order chi connectivity index (χ1) is 9.49. The second kappa shape index (κ2) is 6.17. The van der Waals surface area contributed by atoms with Crippen LogP contribution in [0.25, 0.3) is 0 Å². The number of pyridine rings is 1. The van der Waals surface area contributed by atoms with Crippen LogP contribution in [-0.2, 0) is 0 Å². The molecule has 2 rings (SSSR count). The highest BCUT2D eigenvalue weighted by molar-refractivity contribution is 6.41. The third kappa shape index (κ3) is 3.25. The van der Waals surface area contributed by atoms with E-state index in [0.29, 0.717) is 15.4 Å². The molecule has 1 amide bonds. The monoisotopic (exact) mass is 331 g/mol. The van der Waals surface area contributed by atoms with Gasteiger partial charge in [-0.1, -0.05) is 34.8 Å². The van der Waals surface area contributed by atoms with Crippen LogP contribution in [0.4, 0.5) is 5.69 Å². The van der Waals surface area contributed by atoms with E-state index in [1.165, 1.54) is 30.5 Å². The largest absolute Gasteiger partial charge is 0.618 e. The van der Waals surface area contributed by atoms with Crippen LogP contribution in [0.15, 0.2) is 36.5 Å². The molecule has 5 nitrogen and oxygen atoms in total. The van der Waals surface area contributed by atoms with Gasteiger partial charge in [0, 0.05) is 17.2 Å². The first kappa shape index (κ1) is 14.7. The third-order valence-electron chi connectivity index (χ3n) is 2.36. The molecule has 0 fully saturated rings. The summed E-state index contributed by atoms with van der Waals surface area (Å²) in [5.74, 6) is -0.623. The van der Waals surface area contributed by atoms with Crippen molar-refractivity contribution in [2.45, 2.75) is 0 Å². The molecule has 104 valence electrons. The fourth-order valence-corrected chi connectivity index (χ4v) is 2.36. The first-order valence-corrected chi connectivity index (χ1v) is 6.51. The molecule has 20 heavy (non-hydrogen) atoms. The molecule has 0 saturated carbocycles. The van der Waals surface area contributed by atoms with E-state index in [4.69, 9.17) is 34.8 Å². The van der Waals surface area contributed by atoms with Gasteiger partial charge in [0.1, 0.15) is 0 Å². The van der Waals surface area contributed by atoms with E-state index < -0.39 is 5.91 Å². The minimum atomic E-state index is -0.623. The minimum Gasteiger partial charge on any atom is -0.618 e. The number of amides is 1. The lowest BCUT2D eigenvalue weighted by molar-refractivity contribution is -0.607. The maximum atomic E-state index is 11.8. The SMILES string of the molecule is O=C(NNc1c(Cl)cc(Cl)cc1Cl)c1cccc[n+]1[O-]. The number of carbonyl (C=O) groups is 1. The lowest BCUT2D eigenvalue weighted by Crippen LogP contribution is -2.41. The van der Waals surface area contributed by atoms with E-state index in [-0.39, 0.29) is 15.7 Å². The van der Waals surface area contributed by atoms with Crippen LogP contribution in [0.2, 0.25) is 15.1 Å². The Morgan fingerprint density at radius 3 is 2.40 bits per heavy atom. The van der Waals surface area contributed by atoms with E-state index in [9.17, 15) is 10.0 Å². The van der Waals surface area contributed by atoms with Gasteiger partial charge >= 0.3 is 5.91 Å². The van der Waals surface area contributed by atoms with E-state index in [1.54, 1.807) is 6.07 Å². The summed E-state index contributed by atoms with van der Waals surface area (Å²) < 4.78 is 0.447. The van der Waals surface area contributed by atoms with Gasteiger partial charge in [-0.25, -0.2) is 0 Å². The summed E-state index contributed by atoms with van der Waals surface area (Å²) in [6.45, 7) is 0. The number of benzene rings is 1. The van der Waals surface area contributed by atoms with Gasteiger partial charge in [0.2, 0.25) is 0 Å². The zero-order chi connectivity index (χ0) is 14.7. The van der Waals surface area contributed by atoms with Crippen molar-refractivity contribution in [3.05, 3.63) is 62.5 Å². The molecule has 0 unspecified atom stereocenters. The second-order valence-corrected chi connectivity index (χ2v) is 4.99. The number of hydrogen-bond acceptors (Lipinski definition) is 3. The predicted octanol–water partition coefficient (Wildman–Crippen LogP) is 3.04. The average molecular weight is 333 g/mol. The van der Waals surface area contributed by atoms with E-state index in [1.807, 2.05) is 0 Å². The summed E-state index contributed by atoms with van der Waals surface area (Å²) in [7, 11) is 0. The molecule has 2 N–H and O–H groups in total. The first-order valence-electron chi connectivity index (χ1n) is 5.38. The molecular formula is C12H8Cl3N3O2. The molecule has 2 aromatic rings. The summed E-state index contributed by atoms with van der Waals surface area (Å²) in [6.07, 6.45) is 1.22. The van der Waals surface area contributed by atoms with Crippen LogP contribution < -0.4 is 15.6 Å². The van der Waals surface area contributed by atoms with Crippen molar-refractivity contribution in [3.63, 3.8) is 0 Å². The third-order valence-corrected chi connectivity index (χ3v) is 3.18. The molecule has 0 aliphatic carbocycles. The fourth-order valence-electron chi connectivity index (χ4n) is 1.45. The molecule has 0 atom stereocenters. The Morgan fingerprint density at radius 2 is 1.80 bits per heavy atom. The Labute approximate surface area is 129 Å². The lowest BCUT2D eigenvalue weighted by atomic mass is 10.3. The summed E-state index contributed by atoms with van der Waals surface area (Å²) >= 11 is 17.7. The van der Waals surface area contributed by atoms with Gasteiger partial charge in [-0.3, -0.25) is 15.6 Å². The van der Waals surface area contributed by atoms with Crippen LogP contribution in [-0.4, -0.2) is 5.91 Å². The predicted molar refractivity (Wildman–Crippen MR) is 78.0 cm³/mol. The number of hydrogen-bond donors (Lipinski definition) is 2. The van der Waals surface area contributed by atoms with Crippen LogP contribution in [0.1, 0.15) is 10.5 Å². The van der Waals surface area contributed by atoms with Crippen LogP contribution in [0, 0.1) is 5.21 Å². The molecule has 0 aliphatic heterocycles. The summed E-state index contributed by atoms with van der Waals surface area (Å²) in [4.78, 5) is 11.8. The number of halogens is 3. The standard InChI is InChI=1S/C12H8Cl3N3O2/c13-7-5-8(14)11(9(15)6-7)16-17-12(19)10-3-1-2-4-18(10)20/h1-6,16H,(H,17,19). The Morgan fingerprint density at radius 1 is 1.15 bits per heavy atom. The molecule has 0 aliphatic rings. The fraction of sp³-hybridized carbons (Fsp3) is 0. The molecule has 1 aromatic carbocycles. The minimum absolute atomic E-state index is 0.0683. The van der Waals surface area contributed by atoms with Gasteiger partial charge in [-0.2, -0.15) is 4.73 Å². The molecule has 0 spiro atoms. The zero-order valence-corrected chi connectivity index (χ0v) is 12.1. The molecule has 1 heterocycles. The quantitative estimate of drug-likeness (QED) is 0.516. The molecular weight excluding hydrogens is 325 g/mol. The topological polar surface area (TPSA) is 68.1 Å². The highest BCUT2D eigenvalue weighted by Crippen LogP contribution is 2.33. The molecule has 0 radical (unpaired) electrons. The van der Waals surface area contributed by atoms with Gasteiger partial charge in [0.25, 0.3) is 5.69 Å². The molecule has 0 saturated heterocycles. The van der Waals surface area contributed by atoms with Crippen molar-refractivity contribution in [3.8, 4) is 0 Å². The number of anilines is 1. The van der Waals surface area contributed by atoms with E-state index in [0.717, 1.165) is 0 Å². The summed E-state index contributed by atoms with van der Waals surface area (Å²) in [5, 5.41) is 12.3. The van der Waals surface area contributed by atoms with Crippen LogP contribution in [0.5, 0.6) is 0 Å². The second-order valence-electron chi connectivity index (χ2n) is 3.74. The normalized spacial score (nSPS) is 10.2. The average Bonchev–Trinajstić information content (AvgIpc) is 2.37. The Hall–Kier alpha value is -1.69. The number of nitrogens with zero attached hydrogens (tertiary/aromatic N) is 1. The lowest BCUT2D eigenvalue weighted by Gasteiger charge is -2.11. The smallest absolute Gasteiger partial charge is 0.335 e. The van der Waals surface area contributed by atoms with Gasteiger partial charge in [-0.05, 0) is 18.2 Å². The number of rotatable bonds is 3. The van der Waals surface area contributed by atoms with Crippen molar-refractivity contribution >= 4 is 46.4 Å². The van der Waals surface area contributed by atoms with Crippen molar-refractivity contribution in [1.29, 1.82) is 0 Å². The van der Waals surface area contributed by atoms with E-state index >= 15 is 0 Å². The van der Waals surface area contributed by atoms with Crippen LogP contribution in [0.3, 0.4) is 0 Å². The highest BCUT2D eigenvalue weighted by Gasteiger charge is 2.16. The van der Waals surface area contributed by atoms with Gasteiger partial charge in [0.15, 0.2) is 6.20 Å². The number of carbonyl (C=O) groups excluding carboxylic acids is 1.